The largest absolute Gasteiger partial charge is 0.433 e. The van der Waals surface area contributed by atoms with E-state index >= 15 is 0 Å². The van der Waals surface area contributed by atoms with E-state index < -0.39 is 21.7 Å². The highest BCUT2D eigenvalue weighted by molar-refractivity contribution is 7.91. The van der Waals surface area contributed by atoms with Gasteiger partial charge in [0.25, 0.3) is 0 Å². The van der Waals surface area contributed by atoms with Crippen LogP contribution in [-0.4, -0.2) is 60.5 Å². The lowest BCUT2D eigenvalue weighted by molar-refractivity contribution is -0.141. The molecular weight excluding hydrogens is 369 g/mol. The number of sulfone groups is 1. The molecule has 0 aliphatic carbocycles. The van der Waals surface area contributed by atoms with E-state index in [0.29, 0.717) is 5.92 Å². The Labute approximate surface area is 151 Å². The Morgan fingerprint density at radius 2 is 1.77 bits per heavy atom. The number of aromatic nitrogens is 2. The van der Waals surface area contributed by atoms with Crippen LogP contribution in [-0.2, 0) is 16.0 Å². The molecule has 1 N–H and O–H groups in total. The Kier molecular flexibility index (Phi) is 5.71. The first-order valence-corrected chi connectivity index (χ1v) is 10.6. The van der Waals surface area contributed by atoms with Gasteiger partial charge in [0.05, 0.1) is 11.5 Å². The van der Waals surface area contributed by atoms with Crippen molar-refractivity contribution in [3.05, 3.63) is 18.1 Å². The molecule has 3 rings (SSSR count). The van der Waals surface area contributed by atoms with Crippen LogP contribution >= 0.6 is 0 Å². The number of nitrogens with one attached hydrogen (secondary N) is 1. The standard InChI is InChI=1S/C16H23F3N4O2S/c17-16(18,19)14-9-15(21-11-20-14)22-13-1-5-23(6-2-13)10-12-3-7-26(24,25)8-4-12/h9,11-13H,1-8,10H2,(H,20,21,22). The summed E-state index contributed by atoms with van der Waals surface area (Å²) < 4.78 is 61.1. The lowest BCUT2D eigenvalue weighted by atomic mass is 9.99. The SMILES string of the molecule is O=S1(=O)CCC(CN2CCC(Nc3cc(C(F)(F)F)ncn3)CC2)CC1. The molecule has 146 valence electrons. The Balaban J connectivity index is 1.46. The number of anilines is 1. The Bertz CT molecular complexity index is 704. The molecule has 3 heterocycles. The topological polar surface area (TPSA) is 75.2 Å². The van der Waals surface area contributed by atoms with E-state index in [-0.39, 0.29) is 23.4 Å². The van der Waals surface area contributed by atoms with Crippen LogP contribution in [0.2, 0.25) is 0 Å². The van der Waals surface area contributed by atoms with Gasteiger partial charge in [-0.25, -0.2) is 18.4 Å². The zero-order chi connectivity index (χ0) is 18.8. The van der Waals surface area contributed by atoms with Crippen molar-refractivity contribution in [3.8, 4) is 0 Å². The van der Waals surface area contributed by atoms with Gasteiger partial charge in [0.15, 0.2) is 0 Å². The maximum Gasteiger partial charge on any atom is 0.433 e. The van der Waals surface area contributed by atoms with Gasteiger partial charge >= 0.3 is 6.18 Å². The van der Waals surface area contributed by atoms with Crippen molar-refractivity contribution in [1.82, 2.24) is 14.9 Å². The molecule has 0 radical (unpaired) electrons. The number of alkyl halides is 3. The quantitative estimate of drug-likeness (QED) is 0.847. The molecule has 2 aliphatic rings. The average molecular weight is 392 g/mol. The number of piperidine rings is 1. The first-order chi connectivity index (χ1) is 12.2. The van der Waals surface area contributed by atoms with Gasteiger partial charge in [0, 0.05) is 31.7 Å². The van der Waals surface area contributed by atoms with Gasteiger partial charge < -0.3 is 10.2 Å². The van der Waals surface area contributed by atoms with Crippen LogP contribution in [0.5, 0.6) is 0 Å². The maximum atomic E-state index is 12.7. The summed E-state index contributed by atoms with van der Waals surface area (Å²) >= 11 is 0. The molecule has 1 aromatic rings. The van der Waals surface area contributed by atoms with Crippen LogP contribution in [0.1, 0.15) is 31.4 Å². The Hall–Kier alpha value is -1.42. The summed E-state index contributed by atoms with van der Waals surface area (Å²) in [4.78, 5) is 9.47. The molecule has 0 saturated carbocycles. The summed E-state index contributed by atoms with van der Waals surface area (Å²) in [6.45, 7) is 2.59. The lowest BCUT2D eigenvalue weighted by Gasteiger charge is -2.35. The highest BCUT2D eigenvalue weighted by atomic mass is 32.2. The van der Waals surface area contributed by atoms with Crippen molar-refractivity contribution < 1.29 is 21.6 Å². The van der Waals surface area contributed by atoms with Gasteiger partial charge in [-0.3, -0.25) is 0 Å². The van der Waals surface area contributed by atoms with Gasteiger partial charge in [-0.05, 0) is 31.6 Å². The second-order valence-electron chi connectivity index (χ2n) is 7.10. The first kappa shape index (κ1) is 19.3. The average Bonchev–Trinajstić information content (AvgIpc) is 2.58. The summed E-state index contributed by atoms with van der Waals surface area (Å²) in [5.74, 6) is 1.18. The fourth-order valence-corrected chi connectivity index (χ4v) is 5.14. The minimum atomic E-state index is -4.48. The van der Waals surface area contributed by atoms with E-state index in [1.807, 2.05) is 0 Å². The molecule has 0 aromatic carbocycles. The van der Waals surface area contributed by atoms with E-state index in [1.54, 1.807) is 0 Å². The second kappa shape index (κ2) is 7.67. The summed E-state index contributed by atoms with van der Waals surface area (Å²) in [5, 5.41) is 3.07. The second-order valence-corrected chi connectivity index (χ2v) is 9.40. The highest BCUT2D eigenvalue weighted by Crippen LogP contribution is 2.28. The molecule has 0 amide bonds. The van der Waals surface area contributed by atoms with Gasteiger partial charge in [-0.2, -0.15) is 13.2 Å². The van der Waals surface area contributed by atoms with Gasteiger partial charge in [0.2, 0.25) is 0 Å². The van der Waals surface area contributed by atoms with Crippen molar-refractivity contribution in [1.29, 1.82) is 0 Å². The van der Waals surface area contributed by atoms with Gasteiger partial charge in [-0.1, -0.05) is 0 Å². The number of hydrogen-bond donors (Lipinski definition) is 1. The molecule has 0 atom stereocenters. The van der Waals surface area contributed by atoms with E-state index in [1.165, 1.54) is 0 Å². The maximum absolute atomic E-state index is 12.7. The molecule has 26 heavy (non-hydrogen) atoms. The molecule has 6 nitrogen and oxygen atoms in total. The summed E-state index contributed by atoms with van der Waals surface area (Å²) in [7, 11) is -2.83. The van der Waals surface area contributed by atoms with E-state index in [0.717, 1.165) is 57.7 Å². The minimum absolute atomic E-state index is 0.0777. The molecular formula is C16H23F3N4O2S. The van der Waals surface area contributed by atoms with Crippen LogP contribution in [0.4, 0.5) is 19.0 Å². The fourth-order valence-electron chi connectivity index (χ4n) is 3.55. The number of halogens is 3. The molecule has 2 saturated heterocycles. The third-order valence-corrected chi connectivity index (χ3v) is 6.80. The normalized spacial score (nSPS) is 23.0. The first-order valence-electron chi connectivity index (χ1n) is 8.80. The van der Waals surface area contributed by atoms with Crippen LogP contribution in [0.15, 0.2) is 12.4 Å². The Morgan fingerprint density at radius 1 is 1.12 bits per heavy atom. The van der Waals surface area contributed by atoms with E-state index in [2.05, 4.69) is 20.2 Å². The molecule has 0 bridgehead atoms. The monoisotopic (exact) mass is 392 g/mol. The predicted octanol–water partition coefficient (Wildman–Crippen LogP) is 2.20. The van der Waals surface area contributed by atoms with E-state index in [9.17, 15) is 21.6 Å². The van der Waals surface area contributed by atoms with Crippen LogP contribution < -0.4 is 5.32 Å². The molecule has 0 unspecified atom stereocenters. The lowest BCUT2D eigenvalue weighted by Crippen LogP contribution is -2.42. The molecule has 1 aromatic heterocycles. The number of hydrogen-bond acceptors (Lipinski definition) is 6. The van der Waals surface area contributed by atoms with Gasteiger partial charge in [0.1, 0.15) is 27.7 Å². The third kappa shape index (κ3) is 5.29. The van der Waals surface area contributed by atoms with Crippen LogP contribution in [0, 0.1) is 5.92 Å². The van der Waals surface area contributed by atoms with Gasteiger partial charge in [-0.15, -0.1) is 0 Å². The highest BCUT2D eigenvalue weighted by Gasteiger charge is 2.33. The molecule has 2 aliphatic heterocycles. The number of rotatable bonds is 4. The minimum Gasteiger partial charge on any atom is -0.367 e. The fraction of sp³-hybridized carbons (Fsp3) is 0.750. The van der Waals surface area contributed by atoms with Crippen molar-refractivity contribution in [2.45, 2.75) is 37.9 Å². The van der Waals surface area contributed by atoms with Crippen molar-refractivity contribution >= 4 is 15.7 Å². The summed E-state index contributed by atoms with van der Waals surface area (Å²) in [5.41, 5.74) is -0.945. The molecule has 2 fully saturated rings. The van der Waals surface area contributed by atoms with Crippen molar-refractivity contribution in [2.24, 2.45) is 5.92 Å². The third-order valence-electron chi connectivity index (χ3n) is 5.09. The van der Waals surface area contributed by atoms with Crippen molar-refractivity contribution in [2.75, 3.05) is 36.5 Å². The zero-order valence-electron chi connectivity index (χ0n) is 14.4. The zero-order valence-corrected chi connectivity index (χ0v) is 15.2. The number of likely N-dealkylation sites (tertiary alicyclic amines) is 1. The summed E-state index contributed by atoms with van der Waals surface area (Å²) in [6, 6.07) is 1.02. The van der Waals surface area contributed by atoms with E-state index in [4.69, 9.17) is 0 Å². The van der Waals surface area contributed by atoms with Crippen LogP contribution in [0.25, 0.3) is 0 Å². The van der Waals surface area contributed by atoms with Crippen LogP contribution in [0.3, 0.4) is 0 Å². The number of nitrogens with zero attached hydrogens (tertiary/aromatic N) is 3. The molecule has 0 spiro atoms. The predicted molar refractivity (Wildman–Crippen MR) is 91.5 cm³/mol. The van der Waals surface area contributed by atoms with Crippen molar-refractivity contribution in [3.63, 3.8) is 0 Å². The Morgan fingerprint density at radius 3 is 2.38 bits per heavy atom. The summed E-state index contributed by atoms with van der Waals surface area (Å²) in [6.07, 6.45) is -0.469. The smallest absolute Gasteiger partial charge is 0.367 e. The molecule has 10 heteroatoms.